The third-order valence-corrected chi connectivity index (χ3v) is 5.89. The summed E-state index contributed by atoms with van der Waals surface area (Å²) >= 11 is 0. The first kappa shape index (κ1) is 20.9. The van der Waals surface area contributed by atoms with Crippen LogP contribution in [0.25, 0.3) is 6.08 Å². The van der Waals surface area contributed by atoms with Crippen LogP contribution in [0.1, 0.15) is 38.2 Å². The molecular weight excluding hydrogens is 420 g/mol. The maximum absolute atomic E-state index is 13.1. The Morgan fingerprint density at radius 1 is 1.12 bits per heavy atom. The highest BCUT2D eigenvalue weighted by atomic mass is 16.6. The molecule has 0 unspecified atom stereocenters. The minimum atomic E-state index is -0.464. The number of hydrogen-bond donors (Lipinski definition) is 0. The number of carbonyl (C=O) groups excluding carboxylic acids is 1. The van der Waals surface area contributed by atoms with E-state index in [0.29, 0.717) is 36.7 Å². The molecule has 3 aromatic carbocycles. The smallest absolute Gasteiger partial charge is 0.270 e. The summed E-state index contributed by atoms with van der Waals surface area (Å²) in [5.74, 6) is 1.15. The molecule has 2 aliphatic heterocycles. The molecule has 5 rings (SSSR count). The van der Waals surface area contributed by atoms with Gasteiger partial charge in [-0.1, -0.05) is 42.0 Å². The second-order valence-corrected chi connectivity index (χ2v) is 8.41. The lowest BCUT2D eigenvalue weighted by Gasteiger charge is -2.30. The van der Waals surface area contributed by atoms with Gasteiger partial charge in [0.05, 0.1) is 16.1 Å². The molecule has 0 spiro atoms. The molecule has 0 amide bonds. The van der Waals surface area contributed by atoms with Gasteiger partial charge in [-0.2, -0.15) is 0 Å². The number of rotatable bonds is 4. The predicted octanol–water partition coefficient (Wildman–Crippen LogP) is 5.18. The van der Waals surface area contributed by atoms with Crippen molar-refractivity contribution in [3.05, 3.63) is 104 Å². The third kappa shape index (κ3) is 3.99. The summed E-state index contributed by atoms with van der Waals surface area (Å²) in [6.07, 6.45) is 1.55. The molecule has 0 aliphatic carbocycles. The number of carbonyl (C=O) groups is 1. The Hall–Kier alpha value is -3.97. The summed E-state index contributed by atoms with van der Waals surface area (Å²) < 4.78 is 12.1. The SMILES string of the molecule is Cc1ccc(CN2COc3cc(C)c4c(c3C2)O/C(=C\c2cccc([N+](=O)[O-])c2)C4=O)cc1. The molecule has 0 N–H and O–H groups in total. The van der Waals surface area contributed by atoms with Gasteiger partial charge in [-0.25, -0.2) is 0 Å². The maximum atomic E-state index is 13.1. The van der Waals surface area contributed by atoms with Crippen molar-refractivity contribution in [1.82, 2.24) is 4.90 Å². The van der Waals surface area contributed by atoms with Gasteiger partial charge < -0.3 is 9.47 Å². The number of nitro benzene ring substituents is 1. The van der Waals surface area contributed by atoms with Gasteiger partial charge in [0.2, 0.25) is 5.78 Å². The van der Waals surface area contributed by atoms with E-state index in [4.69, 9.17) is 9.47 Å². The van der Waals surface area contributed by atoms with Crippen LogP contribution in [0.2, 0.25) is 0 Å². The Kier molecular flexibility index (Phi) is 5.18. The summed E-state index contributed by atoms with van der Waals surface area (Å²) in [6.45, 7) is 5.67. The van der Waals surface area contributed by atoms with Crippen LogP contribution in [0.15, 0.2) is 60.4 Å². The van der Waals surface area contributed by atoms with Crippen LogP contribution in [-0.4, -0.2) is 22.3 Å². The van der Waals surface area contributed by atoms with E-state index in [1.807, 2.05) is 13.0 Å². The molecule has 0 fully saturated rings. The number of allylic oxidation sites excluding steroid dienone is 1. The Morgan fingerprint density at radius 3 is 2.67 bits per heavy atom. The van der Waals surface area contributed by atoms with Crippen molar-refractivity contribution in [2.24, 2.45) is 0 Å². The van der Waals surface area contributed by atoms with Gasteiger partial charge in [-0.05, 0) is 42.7 Å². The molecule has 2 heterocycles. The van der Waals surface area contributed by atoms with Crippen LogP contribution in [0, 0.1) is 24.0 Å². The fourth-order valence-corrected chi connectivity index (χ4v) is 4.21. The molecule has 0 bridgehead atoms. The highest BCUT2D eigenvalue weighted by molar-refractivity contribution is 6.15. The number of fused-ring (bicyclic) bond motifs is 3. The second kappa shape index (κ2) is 8.18. The fraction of sp³-hybridized carbons (Fsp3) is 0.192. The number of nitro groups is 1. The van der Waals surface area contributed by atoms with E-state index in [1.165, 1.54) is 23.3 Å². The van der Waals surface area contributed by atoms with Gasteiger partial charge in [-0.15, -0.1) is 0 Å². The van der Waals surface area contributed by atoms with E-state index in [-0.39, 0.29) is 17.2 Å². The molecule has 2 aliphatic rings. The predicted molar refractivity (Wildman–Crippen MR) is 123 cm³/mol. The molecule has 166 valence electrons. The number of nitrogens with zero attached hydrogens (tertiary/aromatic N) is 2. The monoisotopic (exact) mass is 442 g/mol. The highest BCUT2D eigenvalue weighted by Crippen LogP contribution is 2.44. The van der Waals surface area contributed by atoms with E-state index in [9.17, 15) is 14.9 Å². The molecule has 7 nitrogen and oxygen atoms in total. The van der Waals surface area contributed by atoms with Crippen LogP contribution < -0.4 is 9.47 Å². The fourth-order valence-electron chi connectivity index (χ4n) is 4.21. The van der Waals surface area contributed by atoms with Crippen molar-refractivity contribution in [1.29, 1.82) is 0 Å². The van der Waals surface area contributed by atoms with Crippen LogP contribution >= 0.6 is 0 Å². The zero-order chi connectivity index (χ0) is 23.1. The first-order chi connectivity index (χ1) is 15.9. The van der Waals surface area contributed by atoms with Gasteiger partial charge in [-0.3, -0.25) is 19.8 Å². The Balaban J connectivity index is 1.45. The van der Waals surface area contributed by atoms with Crippen molar-refractivity contribution >= 4 is 17.5 Å². The Morgan fingerprint density at radius 2 is 1.91 bits per heavy atom. The van der Waals surface area contributed by atoms with Gasteiger partial charge in [0, 0.05) is 25.2 Å². The highest BCUT2D eigenvalue weighted by Gasteiger charge is 2.35. The second-order valence-electron chi connectivity index (χ2n) is 8.41. The van der Waals surface area contributed by atoms with E-state index >= 15 is 0 Å². The number of Topliss-reactive ketones (excluding diaryl/α,β-unsaturated/α-hetero) is 1. The van der Waals surface area contributed by atoms with Gasteiger partial charge >= 0.3 is 0 Å². The number of benzene rings is 3. The first-order valence-corrected chi connectivity index (χ1v) is 10.6. The Bertz CT molecular complexity index is 1310. The summed E-state index contributed by atoms with van der Waals surface area (Å²) in [7, 11) is 0. The zero-order valence-electron chi connectivity index (χ0n) is 18.3. The topological polar surface area (TPSA) is 81.9 Å². The number of non-ortho nitro benzene ring substituents is 1. The molecule has 3 aromatic rings. The average Bonchev–Trinajstić information content (AvgIpc) is 3.13. The van der Waals surface area contributed by atoms with Gasteiger partial charge in [0.15, 0.2) is 5.76 Å². The zero-order valence-corrected chi connectivity index (χ0v) is 18.3. The molecule has 0 aromatic heterocycles. The lowest BCUT2D eigenvalue weighted by Crippen LogP contribution is -2.31. The number of hydrogen-bond acceptors (Lipinski definition) is 6. The molecule has 0 atom stereocenters. The van der Waals surface area contributed by atoms with Crippen LogP contribution in [-0.2, 0) is 13.1 Å². The van der Waals surface area contributed by atoms with E-state index < -0.39 is 4.92 Å². The average molecular weight is 442 g/mol. The van der Waals surface area contributed by atoms with Crippen molar-refractivity contribution in [2.75, 3.05) is 6.73 Å². The van der Waals surface area contributed by atoms with Gasteiger partial charge in [0.1, 0.15) is 18.2 Å². The largest absolute Gasteiger partial charge is 0.478 e. The lowest BCUT2D eigenvalue weighted by molar-refractivity contribution is -0.384. The first-order valence-electron chi connectivity index (χ1n) is 10.6. The molecule has 0 saturated heterocycles. The van der Waals surface area contributed by atoms with Crippen molar-refractivity contribution < 1.29 is 19.2 Å². The third-order valence-electron chi connectivity index (χ3n) is 5.89. The summed E-state index contributed by atoms with van der Waals surface area (Å²) in [5, 5.41) is 11.1. The van der Waals surface area contributed by atoms with Crippen LogP contribution in [0.4, 0.5) is 5.69 Å². The number of ketones is 1. The summed E-state index contributed by atoms with van der Waals surface area (Å²) in [5.41, 5.74) is 5.02. The molecule has 0 radical (unpaired) electrons. The molecule has 0 saturated carbocycles. The van der Waals surface area contributed by atoms with Gasteiger partial charge in [0.25, 0.3) is 5.69 Å². The Labute approximate surface area is 191 Å². The van der Waals surface area contributed by atoms with Crippen molar-refractivity contribution in [2.45, 2.75) is 26.9 Å². The van der Waals surface area contributed by atoms with Crippen molar-refractivity contribution in [3.8, 4) is 11.5 Å². The van der Waals surface area contributed by atoms with E-state index in [1.54, 1.807) is 18.2 Å². The van der Waals surface area contributed by atoms with E-state index in [2.05, 4.69) is 36.1 Å². The molecule has 7 heteroatoms. The summed E-state index contributed by atoms with van der Waals surface area (Å²) in [4.78, 5) is 25.9. The lowest BCUT2D eigenvalue weighted by atomic mass is 9.98. The van der Waals surface area contributed by atoms with E-state index in [0.717, 1.165) is 16.9 Å². The van der Waals surface area contributed by atoms with Crippen molar-refractivity contribution in [3.63, 3.8) is 0 Å². The quantitative estimate of drug-likeness (QED) is 0.315. The normalized spacial score (nSPS) is 16.2. The minimum Gasteiger partial charge on any atom is -0.478 e. The maximum Gasteiger partial charge on any atom is 0.270 e. The van der Waals surface area contributed by atoms with Crippen LogP contribution in [0.3, 0.4) is 0 Å². The minimum absolute atomic E-state index is 0.0407. The van der Waals surface area contributed by atoms with Crippen LogP contribution in [0.5, 0.6) is 11.5 Å². The summed E-state index contributed by atoms with van der Waals surface area (Å²) in [6, 6.07) is 16.4. The number of ether oxygens (including phenoxy) is 2. The number of aryl methyl sites for hydroxylation is 2. The molecule has 33 heavy (non-hydrogen) atoms. The standard InChI is InChI=1S/C26H22N2O5/c1-16-6-8-18(9-7-16)13-27-14-21-22(32-15-27)10-17(2)24-25(29)23(33-26(21)24)12-19-4-3-5-20(11-19)28(30)31/h3-12H,13-15H2,1-2H3/b23-12-. The molecular formula is C26H22N2O5.